The Kier molecular flexibility index (Phi) is 12.3. The highest BCUT2D eigenvalue weighted by Crippen LogP contribution is 2.40. The van der Waals surface area contributed by atoms with Gasteiger partial charge in [0.25, 0.3) is 11.5 Å². The highest BCUT2D eigenvalue weighted by molar-refractivity contribution is 6.02. The minimum absolute atomic E-state index is 0.00546. The number of hydrogen-bond donors (Lipinski definition) is 4. The second kappa shape index (κ2) is 19.1. The highest BCUT2D eigenvalue weighted by atomic mass is 19.1. The molecular weight excluding hydrogens is 890 g/mol. The molecule has 0 radical (unpaired) electrons. The van der Waals surface area contributed by atoms with Crippen molar-refractivity contribution in [1.82, 2.24) is 44.7 Å². The van der Waals surface area contributed by atoms with E-state index in [-0.39, 0.29) is 53.7 Å². The van der Waals surface area contributed by atoms with E-state index in [9.17, 15) is 14.4 Å². The second-order valence-corrected chi connectivity index (χ2v) is 17.4. The summed E-state index contributed by atoms with van der Waals surface area (Å²) in [5, 5.41) is 15.8. The minimum atomic E-state index is -0.585. The van der Waals surface area contributed by atoms with Gasteiger partial charge in [-0.3, -0.25) is 14.4 Å². The Balaban J connectivity index is 0.942. The number of hydrogen-bond acceptors (Lipinski definition) is 11. The number of para-hydroxylation sites is 2. The number of aromatic amines is 1. The third-order valence-corrected chi connectivity index (χ3v) is 12.9. The number of H-pyrrole nitrogens is 1. The van der Waals surface area contributed by atoms with Gasteiger partial charge in [0, 0.05) is 48.4 Å². The van der Waals surface area contributed by atoms with Gasteiger partial charge in [-0.15, -0.1) is 0 Å². The van der Waals surface area contributed by atoms with Crippen molar-refractivity contribution in [2.75, 3.05) is 24.6 Å². The molecule has 2 fully saturated rings. The third kappa shape index (κ3) is 8.90. The van der Waals surface area contributed by atoms with Crippen LogP contribution in [0.3, 0.4) is 0 Å². The first-order valence-electron chi connectivity index (χ1n) is 23.0. The maximum atomic E-state index is 15.9. The van der Waals surface area contributed by atoms with Crippen molar-refractivity contribution in [2.45, 2.75) is 63.6 Å². The lowest BCUT2D eigenvalue weighted by atomic mass is 9.91. The number of carbonyl (C=O) groups is 2. The molecule has 1 saturated heterocycles. The number of aromatic nitrogens is 7. The minimum Gasteiger partial charge on any atom is -0.457 e. The Bertz CT molecular complexity index is 3420. The smallest absolute Gasteiger partial charge is 0.298 e. The zero-order valence-electron chi connectivity index (χ0n) is 38.2. The van der Waals surface area contributed by atoms with Crippen molar-refractivity contribution in [1.29, 1.82) is 0 Å². The third-order valence-electron chi connectivity index (χ3n) is 12.9. The lowest BCUT2D eigenvalue weighted by molar-refractivity contribution is -0.124. The predicted octanol–water partition coefficient (Wildman–Crippen LogP) is 8.26. The van der Waals surface area contributed by atoms with Crippen LogP contribution in [0.25, 0.3) is 44.3 Å². The van der Waals surface area contributed by atoms with Gasteiger partial charge in [-0.05, 0) is 111 Å². The van der Waals surface area contributed by atoms with Crippen LogP contribution < -0.4 is 31.8 Å². The van der Waals surface area contributed by atoms with E-state index < -0.39 is 11.4 Å². The quantitative estimate of drug-likeness (QED) is 0.0676. The van der Waals surface area contributed by atoms with Gasteiger partial charge >= 0.3 is 0 Å². The Morgan fingerprint density at radius 2 is 1.57 bits per heavy atom. The second-order valence-electron chi connectivity index (χ2n) is 17.4. The summed E-state index contributed by atoms with van der Waals surface area (Å²) in [6, 6.07) is 28.6. The summed E-state index contributed by atoms with van der Waals surface area (Å²) in [5.41, 5.74) is 17.0. The number of fused-ring (bicyclic) bond motifs is 2. The first kappa shape index (κ1) is 45.0. The molecule has 1 atom stereocenters. The molecule has 2 aliphatic rings. The molecule has 70 heavy (non-hydrogen) atoms. The maximum absolute atomic E-state index is 15.9. The lowest BCUT2D eigenvalue weighted by Gasteiger charge is -2.29. The number of nitrogen functional groups attached to an aromatic ring is 2. The van der Waals surface area contributed by atoms with Crippen LogP contribution in [0.2, 0.25) is 0 Å². The fraction of sp³-hybridized carbons (Fsp3) is 0.226. The van der Waals surface area contributed by atoms with Crippen LogP contribution in [0.4, 0.5) is 16.0 Å². The van der Waals surface area contributed by atoms with E-state index in [0.717, 1.165) is 31.2 Å². The van der Waals surface area contributed by atoms with Gasteiger partial charge < -0.3 is 35.7 Å². The van der Waals surface area contributed by atoms with Gasteiger partial charge in [-0.1, -0.05) is 55.0 Å². The summed E-state index contributed by atoms with van der Waals surface area (Å²) >= 11 is 0. The Morgan fingerprint density at radius 3 is 2.30 bits per heavy atom. The van der Waals surface area contributed by atoms with Crippen molar-refractivity contribution < 1.29 is 23.5 Å². The Morgan fingerprint density at radius 1 is 0.857 bits per heavy atom. The highest BCUT2D eigenvalue weighted by Gasteiger charge is 2.31. The molecule has 1 aliphatic carbocycles. The van der Waals surface area contributed by atoms with E-state index in [1.54, 1.807) is 48.2 Å². The van der Waals surface area contributed by atoms with Crippen LogP contribution in [-0.2, 0) is 16.0 Å². The number of nitrogens with two attached hydrogens (primary N) is 2. The number of amides is 2. The number of nitrogens with zero attached hydrogens (tertiary/aromatic N) is 7. The van der Waals surface area contributed by atoms with E-state index in [2.05, 4.69) is 33.9 Å². The molecule has 0 spiro atoms. The molecule has 1 aliphatic heterocycles. The average Bonchev–Trinajstić information content (AvgIpc) is 4.13. The Hall–Kier alpha value is -8.78. The fourth-order valence-electron chi connectivity index (χ4n) is 9.56. The van der Waals surface area contributed by atoms with Crippen LogP contribution in [0, 0.1) is 17.7 Å². The van der Waals surface area contributed by atoms with E-state index in [4.69, 9.17) is 36.0 Å². The van der Waals surface area contributed by atoms with Crippen molar-refractivity contribution in [2.24, 2.45) is 0 Å². The zero-order valence-corrected chi connectivity index (χ0v) is 38.2. The molecule has 4 aromatic heterocycles. The van der Waals surface area contributed by atoms with Crippen molar-refractivity contribution >= 4 is 45.4 Å². The predicted molar refractivity (Wildman–Crippen MR) is 264 cm³/mol. The number of nitrogens with one attached hydrogen (secondary N) is 2. The number of ether oxygens (including phenoxy) is 2. The molecule has 10 rings (SSSR count). The van der Waals surface area contributed by atoms with Crippen LogP contribution in [-0.4, -0.2) is 70.4 Å². The van der Waals surface area contributed by atoms with Gasteiger partial charge in [-0.25, -0.2) is 24.1 Å². The van der Waals surface area contributed by atoms with Crippen LogP contribution >= 0.6 is 0 Å². The first-order chi connectivity index (χ1) is 34.0. The monoisotopic (exact) mass is 937 g/mol. The topological polar surface area (TPSA) is 214 Å². The summed E-state index contributed by atoms with van der Waals surface area (Å²) in [6.45, 7) is 6.09. The van der Waals surface area contributed by atoms with Gasteiger partial charge in [-0.2, -0.15) is 10.2 Å². The molecule has 5 heterocycles. The molecule has 352 valence electrons. The van der Waals surface area contributed by atoms with Crippen molar-refractivity contribution in [3.63, 3.8) is 0 Å². The van der Waals surface area contributed by atoms with Crippen LogP contribution in [0.5, 0.6) is 23.0 Å². The van der Waals surface area contributed by atoms with E-state index >= 15 is 4.39 Å². The summed E-state index contributed by atoms with van der Waals surface area (Å²) in [5.74, 6) is 6.62. The van der Waals surface area contributed by atoms with Crippen LogP contribution in [0.1, 0.15) is 62.5 Å². The molecule has 0 bridgehead atoms. The number of anilines is 2. The van der Waals surface area contributed by atoms with Gasteiger partial charge in [0.05, 0.1) is 22.9 Å². The molecule has 8 aromatic rings. The Labute approximate surface area is 401 Å². The largest absolute Gasteiger partial charge is 0.457 e. The SMILES string of the molecule is C=CC(=O)NC1CCC(n2nc(-c3ccc(Oc4ccccc4)cc3)c3c(N)nc(Cc4cccc(F)c4Oc4ccc(-c5cn([C@@H]6CCN(C(=O)C#CC)C6)c6c(=O)[nH]nc(N)c56)cc4)nc32)CC1. The molecule has 17 heteroatoms. The van der Waals surface area contributed by atoms with E-state index in [1.807, 2.05) is 70.0 Å². The van der Waals surface area contributed by atoms with Crippen molar-refractivity contribution in [3.8, 4) is 57.2 Å². The van der Waals surface area contributed by atoms with E-state index in [1.165, 1.54) is 12.1 Å². The lowest BCUT2D eigenvalue weighted by Crippen LogP contribution is -2.37. The molecule has 2 amide bonds. The molecule has 16 nitrogen and oxygen atoms in total. The van der Waals surface area contributed by atoms with Gasteiger partial charge in [0.15, 0.2) is 23.0 Å². The van der Waals surface area contributed by atoms with Crippen LogP contribution in [0.15, 0.2) is 121 Å². The maximum Gasteiger partial charge on any atom is 0.298 e. The summed E-state index contributed by atoms with van der Waals surface area (Å²) in [6.07, 6.45) is 6.76. The van der Waals surface area contributed by atoms with Gasteiger partial charge in [0.1, 0.15) is 40.1 Å². The molecule has 4 aromatic carbocycles. The van der Waals surface area contributed by atoms with E-state index in [0.29, 0.717) is 86.9 Å². The number of halogens is 1. The summed E-state index contributed by atoms with van der Waals surface area (Å²) in [4.78, 5) is 49.5. The number of carbonyl (C=O) groups excluding carboxylic acids is 2. The molecule has 6 N–H and O–H groups in total. The van der Waals surface area contributed by atoms with Gasteiger partial charge in [0.2, 0.25) is 5.91 Å². The number of likely N-dealkylation sites (tertiary alicyclic amines) is 1. The fourth-order valence-corrected chi connectivity index (χ4v) is 9.56. The molecule has 0 unspecified atom stereocenters. The summed E-state index contributed by atoms with van der Waals surface area (Å²) in [7, 11) is 0. The first-order valence-corrected chi connectivity index (χ1v) is 23.0. The normalized spacial score (nSPS) is 16.7. The zero-order chi connectivity index (χ0) is 48.5. The molecule has 1 saturated carbocycles. The standard InChI is InChI=1S/C53H48FN11O5/c1-3-9-44(67)63-27-26-36(29-63)64-30-40(45-48(64)53(68)61-60-51(45)56)31-14-22-39(23-15-31)70-49-33(10-8-13-41(49)54)28-42-58-50(55)46-47(32-16-24-38(25-17-32)69-37-11-6-5-7-12-37)62-65(52(46)59-42)35-20-18-34(19-21-35)57-43(66)4-2/h4-8,10-17,22-25,30,34-36H,2,18-21,26-29H2,1H3,(H2,56,60)(H,57,66)(H,61,68)(H2,55,58,59)/t34?,35?,36-/m1/s1. The summed E-state index contributed by atoms with van der Waals surface area (Å²) < 4.78 is 32.0. The number of rotatable bonds is 12. The average molecular weight is 938 g/mol. The molecular formula is C53H48FN11O5. The number of benzene rings is 4. The van der Waals surface area contributed by atoms with Crippen molar-refractivity contribution in [3.05, 3.63) is 143 Å².